The highest BCUT2D eigenvalue weighted by Crippen LogP contribution is 2.25. The van der Waals surface area contributed by atoms with E-state index in [0.29, 0.717) is 10.9 Å². The van der Waals surface area contributed by atoms with E-state index < -0.39 is 6.36 Å². The van der Waals surface area contributed by atoms with Crippen LogP contribution in [0.5, 0.6) is 5.75 Å². The quantitative estimate of drug-likeness (QED) is 0.637. The molecule has 3 aromatic rings. The lowest BCUT2D eigenvalue weighted by Crippen LogP contribution is -2.16. The fraction of sp³-hybridized carbons (Fsp3) is 0.125. The van der Waals surface area contributed by atoms with Crippen molar-refractivity contribution in [1.29, 1.82) is 0 Å². The number of hydrogen-bond acceptors (Lipinski definition) is 4. The zero-order valence-electron chi connectivity index (χ0n) is 12.3. The Labute approximate surface area is 140 Å². The Hall–Kier alpha value is -2.48. The zero-order valence-corrected chi connectivity index (χ0v) is 13.1. The monoisotopic (exact) mass is 351 g/mol. The molecule has 0 spiro atoms. The van der Waals surface area contributed by atoms with E-state index in [2.05, 4.69) is 14.8 Å². The van der Waals surface area contributed by atoms with E-state index in [1.807, 2.05) is 30.3 Å². The molecule has 0 N–H and O–H groups in total. The second-order valence-electron chi connectivity index (χ2n) is 4.79. The van der Waals surface area contributed by atoms with Gasteiger partial charge >= 0.3 is 6.36 Å². The molecular weight excluding hydrogens is 339 g/mol. The van der Waals surface area contributed by atoms with E-state index in [4.69, 9.17) is 0 Å². The Morgan fingerprint density at radius 2 is 1.71 bits per heavy atom. The number of para-hydroxylation sites is 1. The van der Waals surface area contributed by atoms with Crippen molar-refractivity contribution in [3.8, 4) is 11.4 Å². The van der Waals surface area contributed by atoms with Crippen molar-refractivity contribution in [3.05, 3.63) is 66.5 Å². The topological polar surface area (TPSA) is 39.9 Å². The normalized spacial score (nSPS) is 11.5. The van der Waals surface area contributed by atoms with Gasteiger partial charge in [-0.2, -0.15) is 0 Å². The molecule has 0 bridgehead atoms. The third-order valence-electron chi connectivity index (χ3n) is 3.02. The van der Waals surface area contributed by atoms with Gasteiger partial charge in [0.15, 0.2) is 0 Å². The maximum Gasteiger partial charge on any atom is 0.573 e. The van der Waals surface area contributed by atoms with Gasteiger partial charge in [-0.25, -0.2) is 9.67 Å². The van der Waals surface area contributed by atoms with Gasteiger partial charge in [0.2, 0.25) is 5.16 Å². The summed E-state index contributed by atoms with van der Waals surface area (Å²) in [5, 5.41) is 4.95. The van der Waals surface area contributed by atoms with Crippen LogP contribution in [0.25, 0.3) is 5.69 Å². The molecule has 0 saturated heterocycles. The average molecular weight is 351 g/mol. The van der Waals surface area contributed by atoms with Gasteiger partial charge in [-0.15, -0.1) is 18.3 Å². The number of aromatic nitrogens is 3. The first-order chi connectivity index (χ1) is 11.5. The maximum atomic E-state index is 12.1. The number of ether oxygens (including phenoxy) is 1. The van der Waals surface area contributed by atoms with Crippen LogP contribution < -0.4 is 4.74 Å². The molecule has 1 aromatic heterocycles. The van der Waals surface area contributed by atoms with E-state index in [1.54, 1.807) is 23.1 Å². The fourth-order valence-corrected chi connectivity index (χ4v) is 2.71. The van der Waals surface area contributed by atoms with Gasteiger partial charge in [0, 0.05) is 5.75 Å². The zero-order chi connectivity index (χ0) is 17.0. The van der Waals surface area contributed by atoms with Crippen molar-refractivity contribution in [2.45, 2.75) is 17.3 Å². The lowest BCUT2D eigenvalue weighted by Gasteiger charge is -2.08. The number of rotatable bonds is 5. The van der Waals surface area contributed by atoms with Crippen molar-refractivity contribution >= 4 is 11.8 Å². The van der Waals surface area contributed by atoms with E-state index in [9.17, 15) is 13.2 Å². The summed E-state index contributed by atoms with van der Waals surface area (Å²) in [5.41, 5.74) is 1.76. The Balaban J connectivity index is 1.59. The van der Waals surface area contributed by atoms with Crippen molar-refractivity contribution < 1.29 is 17.9 Å². The summed E-state index contributed by atoms with van der Waals surface area (Å²) in [6.45, 7) is 0. The summed E-state index contributed by atoms with van der Waals surface area (Å²) in [5.74, 6) is 0.313. The Bertz CT molecular complexity index is 788. The van der Waals surface area contributed by atoms with Crippen molar-refractivity contribution in [3.63, 3.8) is 0 Å². The molecule has 0 unspecified atom stereocenters. The molecule has 3 rings (SSSR count). The van der Waals surface area contributed by atoms with E-state index in [-0.39, 0.29) is 5.75 Å². The second kappa shape index (κ2) is 6.96. The number of nitrogens with zero attached hydrogens (tertiary/aromatic N) is 3. The highest BCUT2D eigenvalue weighted by molar-refractivity contribution is 7.98. The van der Waals surface area contributed by atoms with Gasteiger partial charge in [-0.05, 0) is 29.8 Å². The SMILES string of the molecule is FC(F)(F)Oc1ccc(CSc2ncn(-c3ccccc3)n2)cc1. The molecule has 0 aliphatic rings. The largest absolute Gasteiger partial charge is 0.573 e. The van der Waals surface area contributed by atoms with E-state index >= 15 is 0 Å². The van der Waals surface area contributed by atoms with Crippen LogP contribution in [0.15, 0.2) is 66.1 Å². The first-order valence-electron chi connectivity index (χ1n) is 6.94. The molecule has 4 nitrogen and oxygen atoms in total. The summed E-state index contributed by atoms with van der Waals surface area (Å²) >= 11 is 1.40. The number of alkyl halides is 3. The predicted octanol–water partition coefficient (Wildman–Crippen LogP) is 4.46. The molecule has 1 heterocycles. The Morgan fingerprint density at radius 1 is 1.00 bits per heavy atom. The molecule has 8 heteroatoms. The second-order valence-corrected chi connectivity index (χ2v) is 5.73. The summed E-state index contributed by atoms with van der Waals surface area (Å²) in [4.78, 5) is 4.22. The fourth-order valence-electron chi connectivity index (χ4n) is 1.95. The molecule has 0 atom stereocenters. The third kappa shape index (κ3) is 4.51. The van der Waals surface area contributed by atoms with Gasteiger partial charge in [0.1, 0.15) is 12.1 Å². The van der Waals surface area contributed by atoms with Gasteiger partial charge in [0.25, 0.3) is 0 Å². The molecule has 124 valence electrons. The molecule has 0 saturated carbocycles. The lowest BCUT2D eigenvalue weighted by molar-refractivity contribution is -0.274. The Morgan fingerprint density at radius 3 is 2.38 bits per heavy atom. The molecule has 0 aliphatic heterocycles. The molecule has 0 radical (unpaired) electrons. The van der Waals surface area contributed by atoms with Crippen LogP contribution in [0, 0.1) is 0 Å². The first-order valence-corrected chi connectivity index (χ1v) is 7.93. The van der Waals surface area contributed by atoms with E-state index in [0.717, 1.165) is 11.3 Å². The minimum absolute atomic E-state index is 0.234. The lowest BCUT2D eigenvalue weighted by atomic mass is 10.2. The Kier molecular flexibility index (Phi) is 4.75. The van der Waals surface area contributed by atoms with E-state index in [1.165, 1.54) is 23.9 Å². The predicted molar refractivity (Wildman–Crippen MR) is 84.0 cm³/mol. The molecule has 0 amide bonds. The van der Waals surface area contributed by atoms with Crippen LogP contribution >= 0.6 is 11.8 Å². The molecular formula is C16H12F3N3OS. The smallest absolute Gasteiger partial charge is 0.406 e. The number of thioether (sulfide) groups is 1. The van der Waals surface area contributed by atoms with Gasteiger partial charge in [-0.1, -0.05) is 42.1 Å². The summed E-state index contributed by atoms with van der Waals surface area (Å²) in [7, 11) is 0. The van der Waals surface area contributed by atoms with Crippen LogP contribution in [0.4, 0.5) is 13.2 Å². The summed E-state index contributed by atoms with van der Waals surface area (Å²) in [6.07, 6.45) is -3.05. The number of benzene rings is 2. The van der Waals surface area contributed by atoms with Crippen molar-refractivity contribution in [1.82, 2.24) is 14.8 Å². The first kappa shape index (κ1) is 16.4. The molecule has 24 heavy (non-hydrogen) atoms. The summed E-state index contributed by atoms with van der Waals surface area (Å²) in [6, 6.07) is 15.3. The maximum absolute atomic E-state index is 12.1. The van der Waals surface area contributed by atoms with Gasteiger partial charge < -0.3 is 4.74 Å². The van der Waals surface area contributed by atoms with Gasteiger partial charge in [-0.3, -0.25) is 0 Å². The van der Waals surface area contributed by atoms with Crippen LogP contribution in [0.2, 0.25) is 0 Å². The molecule has 0 aliphatic carbocycles. The highest BCUT2D eigenvalue weighted by Gasteiger charge is 2.30. The molecule has 0 fully saturated rings. The van der Waals surface area contributed by atoms with Crippen LogP contribution in [-0.2, 0) is 5.75 Å². The number of hydrogen-bond donors (Lipinski definition) is 0. The minimum Gasteiger partial charge on any atom is -0.406 e. The van der Waals surface area contributed by atoms with Crippen molar-refractivity contribution in [2.24, 2.45) is 0 Å². The van der Waals surface area contributed by atoms with Crippen LogP contribution in [0.1, 0.15) is 5.56 Å². The highest BCUT2D eigenvalue weighted by atomic mass is 32.2. The van der Waals surface area contributed by atoms with Crippen LogP contribution in [0.3, 0.4) is 0 Å². The number of halogens is 3. The van der Waals surface area contributed by atoms with Crippen LogP contribution in [-0.4, -0.2) is 21.1 Å². The van der Waals surface area contributed by atoms with Crippen molar-refractivity contribution in [2.75, 3.05) is 0 Å². The molecule has 2 aromatic carbocycles. The summed E-state index contributed by atoms with van der Waals surface area (Å²) < 4.78 is 41.8. The van der Waals surface area contributed by atoms with Gasteiger partial charge in [0.05, 0.1) is 5.69 Å². The standard InChI is InChI=1S/C16H12F3N3OS/c17-16(18,19)23-14-8-6-12(7-9-14)10-24-15-20-11-22(21-15)13-4-2-1-3-5-13/h1-9,11H,10H2. The minimum atomic E-state index is -4.68. The third-order valence-corrected chi connectivity index (χ3v) is 3.94. The average Bonchev–Trinajstić information content (AvgIpc) is 3.03.